The third kappa shape index (κ3) is 1.93. The maximum absolute atomic E-state index is 5.74. The molecule has 0 bridgehead atoms. The zero-order chi connectivity index (χ0) is 11.8. The van der Waals surface area contributed by atoms with Crippen LogP contribution < -0.4 is 9.88 Å². The van der Waals surface area contributed by atoms with E-state index in [9.17, 15) is 0 Å². The number of methoxy groups -OCH3 is 1. The molecule has 2 N–H and O–H groups in total. The minimum atomic E-state index is 0.379. The Morgan fingerprint density at radius 3 is 3.06 bits per heavy atom. The third-order valence-corrected chi connectivity index (χ3v) is 3.94. The molecule has 0 saturated carbocycles. The molecule has 0 aromatic carbocycles. The van der Waals surface area contributed by atoms with E-state index in [1.807, 2.05) is 4.68 Å². The lowest BCUT2D eigenvalue weighted by atomic mass is 10.1. The molecule has 1 atom stereocenters. The van der Waals surface area contributed by atoms with Crippen molar-refractivity contribution in [2.45, 2.75) is 23.6 Å². The molecule has 0 spiro atoms. The second-order valence-electron chi connectivity index (χ2n) is 4.39. The van der Waals surface area contributed by atoms with Crippen molar-refractivity contribution in [2.75, 3.05) is 26.8 Å². The van der Waals surface area contributed by atoms with Crippen LogP contribution in [0.5, 0.6) is 5.88 Å². The van der Waals surface area contributed by atoms with Gasteiger partial charge >= 0.3 is 0 Å². The van der Waals surface area contributed by atoms with Crippen LogP contribution in [0.1, 0.15) is 0 Å². The quantitative estimate of drug-likeness (QED) is 0.764. The van der Waals surface area contributed by atoms with E-state index in [-0.39, 0.29) is 0 Å². The van der Waals surface area contributed by atoms with E-state index in [1.165, 1.54) is 11.9 Å². The lowest BCUT2D eigenvalue weighted by molar-refractivity contribution is -0.0686. The van der Waals surface area contributed by atoms with Crippen LogP contribution in [-0.4, -0.2) is 53.6 Å². The van der Waals surface area contributed by atoms with Crippen LogP contribution in [0.4, 0.5) is 0 Å². The van der Waals surface area contributed by atoms with Crippen molar-refractivity contribution in [3.8, 4) is 5.88 Å². The highest BCUT2D eigenvalue weighted by atomic mass is 32.2. The highest BCUT2D eigenvalue weighted by Gasteiger charge is 2.35. The van der Waals surface area contributed by atoms with Crippen molar-refractivity contribution >= 4 is 11.9 Å². The summed E-state index contributed by atoms with van der Waals surface area (Å²) in [6.45, 7) is 3.54. The van der Waals surface area contributed by atoms with Gasteiger partial charge in [0.05, 0.1) is 24.9 Å². The number of nitrogens with zero attached hydrogens (tertiary/aromatic N) is 3. The fraction of sp³-hybridized carbons (Fsp3) is 0.700. The van der Waals surface area contributed by atoms with Crippen LogP contribution in [0.25, 0.3) is 0 Å². The van der Waals surface area contributed by atoms with Gasteiger partial charge in [-0.05, 0) is 11.9 Å². The second kappa shape index (κ2) is 4.49. The lowest BCUT2D eigenvalue weighted by Crippen LogP contribution is -2.59. The molecule has 3 rings (SSSR count). The summed E-state index contributed by atoms with van der Waals surface area (Å²) in [6, 6.07) is 0.393. The number of hydrogen-bond acceptors (Lipinski definition) is 6. The van der Waals surface area contributed by atoms with Crippen LogP contribution in [-0.2, 0) is 11.3 Å². The lowest BCUT2D eigenvalue weighted by Gasteiger charge is -2.44. The van der Waals surface area contributed by atoms with Crippen molar-refractivity contribution in [1.29, 1.82) is 0 Å². The van der Waals surface area contributed by atoms with E-state index in [2.05, 4.69) is 10.00 Å². The average molecular weight is 256 g/mol. The maximum atomic E-state index is 5.74. The molecule has 0 amide bonds. The minimum absolute atomic E-state index is 0.379. The number of rotatable bonds is 3. The highest BCUT2D eigenvalue weighted by Crippen LogP contribution is 2.30. The summed E-state index contributed by atoms with van der Waals surface area (Å²) in [5.74, 6) is 0.803. The normalized spacial score (nSPS) is 25.2. The van der Waals surface area contributed by atoms with Gasteiger partial charge < -0.3 is 9.47 Å². The first-order valence-corrected chi connectivity index (χ1v) is 6.52. The second-order valence-corrected chi connectivity index (χ2v) is 5.07. The molecule has 1 unspecified atom stereocenters. The summed E-state index contributed by atoms with van der Waals surface area (Å²) < 4.78 is 12.9. The van der Waals surface area contributed by atoms with Gasteiger partial charge in [0.15, 0.2) is 0 Å². The fourth-order valence-corrected chi connectivity index (χ4v) is 2.65. The molecule has 1 aromatic heterocycles. The molecule has 1 fully saturated rings. The van der Waals surface area contributed by atoms with Gasteiger partial charge in [-0.25, -0.2) is 4.68 Å². The van der Waals surface area contributed by atoms with Gasteiger partial charge in [-0.1, -0.05) is 0 Å². The molecular weight excluding hydrogens is 240 g/mol. The van der Waals surface area contributed by atoms with Crippen LogP contribution in [0.15, 0.2) is 11.1 Å². The average Bonchev–Trinajstić information content (AvgIpc) is 2.70. The molecule has 6 nitrogen and oxygen atoms in total. The minimum Gasteiger partial charge on any atom is -0.475 e. The Balaban J connectivity index is 1.65. The topological polar surface area (TPSA) is 65.5 Å². The van der Waals surface area contributed by atoms with Crippen molar-refractivity contribution in [1.82, 2.24) is 14.7 Å². The summed E-state index contributed by atoms with van der Waals surface area (Å²) in [4.78, 5) is 3.27. The van der Waals surface area contributed by atoms with E-state index in [0.29, 0.717) is 18.8 Å². The van der Waals surface area contributed by atoms with E-state index < -0.39 is 0 Å². The highest BCUT2D eigenvalue weighted by molar-refractivity contribution is 7.97. The van der Waals surface area contributed by atoms with Gasteiger partial charge in [-0.15, -0.1) is 0 Å². The first-order valence-electron chi connectivity index (χ1n) is 5.64. The van der Waals surface area contributed by atoms with E-state index in [0.717, 1.165) is 30.4 Å². The van der Waals surface area contributed by atoms with E-state index in [4.69, 9.17) is 14.6 Å². The maximum Gasteiger partial charge on any atom is 0.227 e. The zero-order valence-corrected chi connectivity index (χ0v) is 10.5. The van der Waals surface area contributed by atoms with E-state index >= 15 is 0 Å². The Bertz CT molecular complexity index is 405. The largest absolute Gasteiger partial charge is 0.475 e. The third-order valence-electron chi connectivity index (χ3n) is 3.41. The van der Waals surface area contributed by atoms with Gasteiger partial charge in [-0.3, -0.25) is 10.0 Å². The molecule has 94 valence electrons. The van der Waals surface area contributed by atoms with Gasteiger partial charge in [-0.2, -0.15) is 5.10 Å². The Labute approximate surface area is 104 Å². The number of hydrogen-bond donors (Lipinski definition) is 1. The monoisotopic (exact) mass is 256 g/mol. The smallest absolute Gasteiger partial charge is 0.227 e. The van der Waals surface area contributed by atoms with Crippen molar-refractivity contribution in [3.63, 3.8) is 0 Å². The first kappa shape index (κ1) is 11.3. The Morgan fingerprint density at radius 2 is 2.35 bits per heavy atom. The molecule has 2 aliphatic rings. The standard InChI is InChI=1S/C10H16N4O2S/c1-15-8-4-13(5-8)7-3-14-10(16-6-7)9(17-11)2-12-14/h2,7-8H,3-6,11H2,1H3. The predicted molar refractivity (Wildman–Crippen MR) is 63.9 cm³/mol. The first-order chi connectivity index (χ1) is 8.31. The number of ether oxygens (including phenoxy) is 2. The Kier molecular flexibility index (Phi) is 2.99. The van der Waals surface area contributed by atoms with Crippen LogP contribution in [0.3, 0.4) is 0 Å². The molecule has 0 aliphatic carbocycles. The van der Waals surface area contributed by atoms with Crippen molar-refractivity contribution in [2.24, 2.45) is 5.14 Å². The van der Waals surface area contributed by atoms with Crippen LogP contribution in [0, 0.1) is 0 Å². The molecule has 0 radical (unpaired) electrons. The van der Waals surface area contributed by atoms with Crippen molar-refractivity contribution < 1.29 is 9.47 Å². The molecule has 1 aromatic rings. The number of nitrogens with two attached hydrogens (primary N) is 1. The molecule has 17 heavy (non-hydrogen) atoms. The molecular formula is C10H16N4O2S. The SMILES string of the molecule is COC1CN(C2COc3c(SN)cnn3C2)C1. The summed E-state index contributed by atoms with van der Waals surface area (Å²) in [7, 11) is 1.76. The Hall–Kier alpha value is -0.760. The summed E-state index contributed by atoms with van der Waals surface area (Å²) in [6.07, 6.45) is 2.14. The number of likely N-dealkylation sites (tertiary alicyclic amines) is 1. The van der Waals surface area contributed by atoms with Crippen LogP contribution in [0.2, 0.25) is 0 Å². The van der Waals surface area contributed by atoms with E-state index in [1.54, 1.807) is 13.3 Å². The van der Waals surface area contributed by atoms with Crippen molar-refractivity contribution in [3.05, 3.63) is 6.20 Å². The molecule has 1 saturated heterocycles. The van der Waals surface area contributed by atoms with Gasteiger partial charge in [0, 0.05) is 20.2 Å². The molecule has 3 heterocycles. The van der Waals surface area contributed by atoms with Gasteiger partial charge in [0.1, 0.15) is 11.5 Å². The van der Waals surface area contributed by atoms with Gasteiger partial charge in [0.2, 0.25) is 5.88 Å². The van der Waals surface area contributed by atoms with Gasteiger partial charge in [0.25, 0.3) is 0 Å². The molecule has 7 heteroatoms. The summed E-state index contributed by atoms with van der Waals surface area (Å²) in [5.41, 5.74) is 0. The Morgan fingerprint density at radius 1 is 1.53 bits per heavy atom. The predicted octanol–water partition coefficient (Wildman–Crippen LogP) is -0.0595. The number of fused-ring (bicyclic) bond motifs is 1. The summed E-state index contributed by atoms with van der Waals surface area (Å²) in [5, 5.41) is 9.83. The zero-order valence-electron chi connectivity index (χ0n) is 9.70. The molecule has 2 aliphatic heterocycles. The fourth-order valence-electron chi connectivity index (χ4n) is 2.28. The number of aromatic nitrogens is 2. The van der Waals surface area contributed by atoms with Crippen LogP contribution >= 0.6 is 11.9 Å². The summed E-state index contributed by atoms with van der Waals surface area (Å²) >= 11 is 1.18.